The molecule has 8 aliphatic rings. The first kappa shape index (κ1) is 43.0. The van der Waals surface area contributed by atoms with Gasteiger partial charge < -0.3 is 67.4 Å². The molecule has 20 nitrogen and oxygen atoms in total. The number of aliphatic hydroxyl groups excluding tert-OH is 2. The maximum absolute atomic E-state index is 12.4. The number of rotatable bonds is 14. The molecule has 20 heteroatoms. The van der Waals surface area contributed by atoms with Crippen LogP contribution in [-0.4, -0.2) is 165 Å². The number of benzene rings is 3. The van der Waals surface area contributed by atoms with Gasteiger partial charge >= 0.3 is 35.8 Å². The number of hydrogen-bond donors (Lipinski definition) is 3. The monoisotopic (exact) mass is 864 g/mol. The van der Waals surface area contributed by atoms with Gasteiger partial charge in [0.2, 0.25) is 6.29 Å². The normalized spacial score (nSPS) is 27.7. The maximum Gasteiger partial charge on any atom is 0.346 e. The van der Waals surface area contributed by atoms with Crippen LogP contribution in [0.5, 0.6) is 0 Å². The third-order valence-electron chi connectivity index (χ3n) is 10.1. The lowest BCUT2D eigenvalue weighted by molar-refractivity contribution is -0.0779. The first-order chi connectivity index (χ1) is 30.0. The van der Waals surface area contributed by atoms with Crippen LogP contribution < -0.4 is 0 Å². The zero-order chi connectivity index (χ0) is 43.5. The summed E-state index contributed by atoms with van der Waals surface area (Å²) in [4.78, 5) is 69.4. The van der Waals surface area contributed by atoms with Crippen LogP contribution in [0.1, 0.15) is 62.1 Å². The standard InChI is InChI=1S/C16H16O8.C13H12O6.C8H4O3.C5H8O3/c17-14(23-13(10-5-20-10)11-6-21-11)8-3-1-2-4-9(8)15(18)24-16(19)12-7-22-12;14-12(15)7-3-1-2-4-8(7)13(16)19-11(9-5-17-9)10-6-18-10;9-7-5-3-1-2-4-6(5)8(10)11-7;6-5(3-1-7-3)4-2-8-4/h1-4,10-13,16,19H,5-7H2;1-4,9-11H,5-6H2,(H,14,15);1-4H;3-6H,1-2H2. The van der Waals surface area contributed by atoms with Gasteiger partial charge in [-0.1, -0.05) is 36.4 Å². The number of carboxylic acids is 1. The third-order valence-corrected chi connectivity index (χ3v) is 10.1. The van der Waals surface area contributed by atoms with Crippen molar-refractivity contribution in [3.63, 3.8) is 0 Å². The molecule has 3 aromatic carbocycles. The van der Waals surface area contributed by atoms with Crippen molar-refractivity contribution < 1.29 is 96.2 Å². The molecule has 8 atom stereocenters. The minimum absolute atomic E-state index is 0.0226. The van der Waals surface area contributed by atoms with Gasteiger partial charge in [0.15, 0.2) is 12.2 Å². The summed E-state index contributed by atoms with van der Waals surface area (Å²) in [5.74, 6) is -4.39. The van der Waals surface area contributed by atoms with Crippen LogP contribution in [-0.2, 0) is 52.1 Å². The Morgan fingerprint density at radius 1 is 0.468 bits per heavy atom. The molecule has 0 aliphatic carbocycles. The average molecular weight is 865 g/mol. The lowest BCUT2D eigenvalue weighted by Crippen LogP contribution is -2.30. The van der Waals surface area contributed by atoms with Gasteiger partial charge in [0, 0.05) is 0 Å². The predicted molar refractivity (Wildman–Crippen MR) is 200 cm³/mol. The molecule has 0 radical (unpaired) electrons. The minimum atomic E-state index is -1.35. The molecule has 8 unspecified atom stereocenters. The van der Waals surface area contributed by atoms with E-state index in [1.807, 2.05) is 0 Å². The largest absolute Gasteiger partial charge is 0.478 e. The van der Waals surface area contributed by atoms with Crippen LogP contribution in [0.15, 0.2) is 72.8 Å². The molecule has 3 N–H and O–H groups in total. The molecular formula is C42H40O20. The molecule has 7 fully saturated rings. The highest BCUT2D eigenvalue weighted by molar-refractivity contribution is 6.14. The van der Waals surface area contributed by atoms with Crippen molar-refractivity contribution in [1.82, 2.24) is 0 Å². The Balaban J connectivity index is 0.000000123. The number of aromatic carboxylic acids is 1. The van der Waals surface area contributed by atoms with Crippen molar-refractivity contribution >= 4 is 35.8 Å². The number of esters is 5. The lowest BCUT2D eigenvalue weighted by Gasteiger charge is -2.15. The average Bonchev–Trinajstić information content (AvgIpc) is 4.10. The molecule has 0 bridgehead atoms. The summed E-state index contributed by atoms with van der Waals surface area (Å²) in [7, 11) is 0. The third kappa shape index (κ3) is 11.4. The van der Waals surface area contributed by atoms with E-state index in [9.17, 15) is 33.9 Å². The minimum Gasteiger partial charge on any atom is -0.478 e. The number of fused-ring (bicyclic) bond motifs is 1. The number of ether oxygens (including phenoxy) is 11. The Bertz CT molecular complexity index is 2090. The van der Waals surface area contributed by atoms with Crippen molar-refractivity contribution in [3.8, 4) is 0 Å². The fourth-order valence-electron chi connectivity index (χ4n) is 6.07. The van der Waals surface area contributed by atoms with Crippen LogP contribution in [0, 0.1) is 0 Å². The summed E-state index contributed by atoms with van der Waals surface area (Å²) in [6.07, 6.45) is -3.54. The molecule has 11 rings (SSSR count). The molecule has 0 spiro atoms. The Hall–Kier alpha value is -5.68. The van der Waals surface area contributed by atoms with Gasteiger partial charge in [0.1, 0.15) is 48.8 Å². The number of aliphatic hydroxyl groups is 2. The van der Waals surface area contributed by atoms with E-state index in [0.29, 0.717) is 57.4 Å². The van der Waals surface area contributed by atoms with Gasteiger partial charge in [-0.15, -0.1) is 0 Å². The van der Waals surface area contributed by atoms with Crippen LogP contribution in [0.4, 0.5) is 0 Å². The van der Waals surface area contributed by atoms with Crippen molar-refractivity contribution in [3.05, 3.63) is 106 Å². The molecule has 0 aromatic heterocycles. The quantitative estimate of drug-likeness (QED) is 0.0662. The number of epoxide rings is 7. The second-order valence-corrected chi connectivity index (χ2v) is 14.7. The Morgan fingerprint density at radius 3 is 1.11 bits per heavy atom. The zero-order valence-electron chi connectivity index (χ0n) is 32.5. The van der Waals surface area contributed by atoms with E-state index in [1.54, 1.807) is 48.5 Å². The number of carboxylic acid groups (broad SMARTS) is 1. The second-order valence-electron chi connectivity index (χ2n) is 14.7. The SMILES string of the molecule is O=C(O)c1ccccc1C(=O)OC(C1CO1)C1CO1.O=C(OC(O)C1CO1)c1ccccc1C(=O)OC(C1CO1)C1CO1.O=C1OC(=O)c2ccccc21.OC(C1CO1)C1CO1. The second kappa shape index (κ2) is 18.7. The van der Waals surface area contributed by atoms with Gasteiger partial charge in [-0.25, -0.2) is 28.8 Å². The first-order valence-corrected chi connectivity index (χ1v) is 19.5. The van der Waals surface area contributed by atoms with E-state index in [4.69, 9.17) is 57.6 Å². The van der Waals surface area contributed by atoms with Crippen LogP contribution in [0.25, 0.3) is 0 Å². The van der Waals surface area contributed by atoms with Crippen LogP contribution >= 0.6 is 0 Å². The summed E-state index contributed by atoms with van der Waals surface area (Å²) in [6.45, 7) is 3.88. The zero-order valence-corrected chi connectivity index (χ0v) is 32.5. The summed E-state index contributed by atoms with van der Waals surface area (Å²) >= 11 is 0. The van der Waals surface area contributed by atoms with Gasteiger partial charge in [0.05, 0.1) is 79.6 Å². The van der Waals surface area contributed by atoms with Gasteiger partial charge in [-0.2, -0.15) is 0 Å². The molecular weight excluding hydrogens is 824 g/mol. The van der Waals surface area contributed by atoms with Crippen molar-refractivity contribution in [2.75, 3.05) is 46.2 Å². The van der Waals surface area contributed by atoms with Gasteiger partial charge in [-0.05, 0) is 36.4 Å². The molecule has 328 valence electrons. The van der Waals surface area contributed by atoms with E-state index in [-0.39, 0.29) is 65.0 Å². The van der Waals surface area contributed by atoms with E-state index >= 15 is 0 Å². The summed E-state index contributed by atoms with van der Waals surface area (Å²) < 4.78 is 55.2. The van der Waals surface area contributed by atoms with E-state index in [0.717, 1.165) is 0 Å². The smallest absolute Gasteiger partial charge is 0.346 e. The highest BCUT2D eigenvalue weighted by Gasteiger charge is 2.49. The fourth-order valence-corrected chi connectivity index (χ4v) is 6.07. The highest BCUT2D eigenvalue weighted by atomic mass is 16.7. The first-order valence-electron chi connectivity index (χ1n) is 19.5. The fraction of sp³-hybridized carbons (Fsp3) is 0.429. The van der Waals surface area contributed by atoms with Crippen molar-refractivity contribution in [2.24, 2.45) is 0 Å². The molecule has 3 aromatic rings. The van der Waals surface area contributed by atoms with Crippen LogP contribution in [0.3, 0.4) is 0 Å². The molecule has 62 heavy (non-hydrogen) atoms. The maximum atomic E-state index is 12.4. The lowest BCUT2D eigenvalue weighted by atomic mass is 10.1. The Labute approximate surface area is 351 Å². The van der Waals surface area contributed by atoms with E-state index in [2.05, 4.69) is 4.74 Å². The van der Waals surface area contributed by atoms with E-state index in [1.165, 1.54) is 24.3 Å². The number of carbonyl (C=O) groups is 6. The van der Waals surface area contributed by atoms with Crippen molar-refractivity contribution in [1.29, 1.82) is 0 Å². The highest BCUT2D eigenvalue weighted by Crippen LogP contribution is 2.31. The summed E-state index contributed by atoms with van der Waals surface area (Å²) in [6, 6.07) is 18.6. The number of carbonyl (C=O) groups excluding carboxylic acids is 5. The Kier molecular flexibility index (Phi) is 13.0. The number of hydrogen-bond acceptors (Lipinski definition) is 19. The molecule has 8 heterocycles. The summed E-state index contributed by atoms with van der Waals surface area (Å²) in [5, 5.41) is 27.8. The molecule has 8 aliphatic heterocycles. The predicted octanol–water partition coefficient (Wildman–Crippen LogP) is 0.734. The molecule has 0 saturated carbocycles. The van der Waals surface area contributed by atoms with E-state index < -0.39 is 60.4 Å². The molecule has 7 saturated heterocycles. The topological polar surface area (TPSA) is 288 Å². The van der Waals surface area contributed by atoms with Crippen LogP contribution in [0.2, 0.25) is 0 Å². The number of cyclic esters (lactones) is 2. The Morgan fingerprint density at radius 2 is 0.774 bits per heavy atom. The summed E-state index contributed by atoms with van der Waals surface area (Å²) in [5.41, 5.74) is 0.781. The van der Waals surface area contributed by atoms with Gasteiger partial charge in [-0.3, -0.25) is 0 Å². The molecule has 0 amide bonds. The van der Waals surface area contributed by atoms with Crippen molar-refractivity contribution in [2.45, 2.75) is 67.3 Å². The van der Waals surface area contributed by atoms with Gasteiger partial charge in [0.25, 0.3) is 0 Å².